The number of esters is 2. The molecule has 27 heavy (non-hydrogen) atoms. The number of nitrogens with one attached hydrogen (secondary N) is 1. The summed E-state index contributed by atoms with van der Waals surface area (Å²) < 4.78 is 10.5. The van der Waals surface area contributed by atoms with Crippen LogP contribution in [-0.4, -0.2) is 30.1 Å². The number of carbonyl (C=O) groups is 2. The Morgan fingerprint density at radius 3 is 2.11 bits per heavy atom. The van der Waals surface area contributed by atoms with Crippen molar-refractivity contribution in [1.82, 2.24) is 4.98 Å². The van der Waals surface area contributed by atoms with Gasteiger partial charge in [0.1, 0.15) is 0 Å². The van der Waals surface area contributed by atoms with E-state index >= 15 is 0 Å². The number of hydrogen-bond acceptors (Lipinski definition) is 4. The Hall–Kier alpha value is -3.08. The molecule has 1 aromatic heterocycles. The van der Waals surface area contributed by atoms with Crippen LogP contribution in [-0.2, 0) is 19.1 Å². The maximum absolute atomic E-state index is 12.8. The number of aromatic nitrogens is 1. The van der Waals surface area contributed by atoms with Crippen LogP contribution in [0.15, 0.2) is 60.8 Å². The Bertz CT molecular complexity index is 898. The van der Waals surface area contributed by atoms with Gasteiger partial charge in [0.25, 0.3) is 0 Å². The second-order valence-corrected chi connectivity index (χ2v) is 6.16. The van der Waals surface area contributed by atoms with Crippen LogP contribution >= 0.6 is 0 Å². The summed E-state index contributed by atoms with van der Waals surface area (Å²) in [5.41, 5.74) is 2.66. The highest BCUT2D eigenvalue weighted by atomic mass is 16.6. The van der Waals surface area contributed by atoms with Crippen molar-refractivity contribution >= 4 is 22.8 Å². The maximum Gasteiger partial charge on any atom is 0.321 e. The molecule has 1 heterocycles. The Balaban J connectivity index is 2.18. The SMILES string of the molecule is CCOC(=O)C(C(=O)OCC)C(c1ccccc1)c1c[nH]c2ccccc12. The predicted octanol–water partition coefficient (Wildman–Crippen LogP) is 4.04. The highest BCUT2D eigenvalue weighted by molar-refractivity contribution is 5.98. The van der Waals surface area contributed by atoms with Crippen molar-refractivity contribution < 1.29 is 19.1 Å². The summed E-state index contributed by atoms with van der Waals surface area (Å²) in [6.45, 7) is 3.85. The molecule has 0 aliphatic rings. The van der Waals surface area contributed by atoms with E-state index in [1.165, 1.54) is 0 Å². The molecule has 3 aromatic rings. The average molecular weight is 365 g/mol. The Morgan fingerprint density at radius 1 is 0.889 bits per heavy atom. The summed E-state index contributed by atoms with van der Waals surface area (Å²) >= 11 is 0. The fourth-order valence-electron chi connectivity index (χ4n) is 3.40. The molecule has 5 nitrogen and oxygen atoms in total. The first-order chi connectivity index (χ1) is 13.2. The molecular weight excluding hydrogens is 342 g/mol. The molecular formula is C22H23NO4. The molecule has 3 rings (SSSR count). The first-order valence-corrected chi connectivity index (χ1v) is 9.11. The molecule has 0 radical (unpaired) electrons. The number of rotatable bonds is 7. The molecule has 5 heteroatoms. The first-order valence-electron chi connectivity index (χ1n) is 9.11. The summed E-state index contributed by atoms with van der Waals surface area (Å²) in [6, 6.07) is 17.3. The van der Waals surface area contributed by atoms with E-state index in [4.69, 9.17) is 9.47 Å². The Labute approximate surface area is 158 Å². The van der Waals surface area contributed by atoms with Crippen LogP contribution in [0, 0.1) is 5.92 Å². The van der Waals surface area contributed by atoms with Gasteiger partial charge in [0.2, 0.25) is 0 Å². The number of carbonyl (C=O) groups excluding carboxylic acids is 2. The van der Waals surface area contributed by atoms with Crippen LogP contribution in [0.4, 0.5) is 0 Å². The van der Waals surface area contributed by atoms with Gasteiger partial charge in [-0.05, 0) is 31.0 Å². The van der Waals surface area contributed by atoms with Gasteiger partial charge < -0.3 is 14.5 Å². The quantitative estimate of drug-likeness (QED) is 0.507. The molecule has 1 atom stereocenters. The van der Waals surface area contributed by atoms with Crippen molar-refractivity contribution in [1.29, 1.82) is 0 Å². The zero-order chi connectivity index (χ0) is 19.2. The number of hydrogen-bond donors (Lipinski definition) is 1. The van der Waals surface area contributed by atoms with E-state index in [9.17, 15) is 9.59 Å². The van der Waals surface area contributed by atoms with Crippen LogP contribution in [0.25, 0.3) is 10.9 Å². The van der Waals surface area contributed by atoms with Crippen LogP contribution in [0.5, 0.6) is 0 Å². The molecule has 2 aromatic carbocycles. The van der Waals surface area contributed by atoms with Gasteiger partial charge in [0, 0.05) is 23.0 Å². The minimum atomic E-state index is -1.08. The van der Waals surface area contributed by atoms with Gasteiger partial charge in [0.05, 0.1) is 13.2 Å². The highest BCUT2D eigenvalue weighted by Crippen LogP contribution is 2.37. The minimum absolute atomic E-state index is 0.199. The third-order valence-corrected chi connectivity index (χ3v) is 4.53. The topological polar surface area (TPSA) is 68.4 Å². The lowest BCUT2D eigenvalue weighted by Gasteiger charge is -2.24. The molecule has 0 fully saturated rings. The van der Waals surface area contributed by atoms with Gasteiger partial charge in [-0.25, -0.2) is 0 Å². The van der Waals surface area contributed by atoms with E-state index in [-0.39, 0.29) is 13.2 Å². The van der Waals surface area contributed by atoms with Crippen LogP contribution < -0.4 is 0 Å². The summed E-state index contributed by atoms with van der Waals surface area (Å²) in [4.78, 5) is 28.8. The number of aromatic amines is 1. The molecule has 0 saturated heterocycles. The fourth-order valence-corrected chi connectivity index (χ4v) is 3.40. The fraction of sp³-hybridized carbons (Fsp3) is 0.273. The Morgan fingerprint density at radius 2 is 1.48 bits per heavy atom. The molecule has 0 amide bonds. The van der Waals surface area contributed by atoms with Gasteiger partial charge in [-0.1, -0.05) is 48.5 Å². The zero-order valence-corrected chi connectivity index (χ0v) is 15.5. The Kier molecular flexibility index (Phi) is 5.91. The molecule has 0 bridgehead atoms. The van der Waals surface area contributed by atoms with E-state index in [1.54, 1.807) is 13.8 Å². The summed E-state index contributed by atoms with van der Waals surface area (Å²) in [5.74, 6) is -2.74. The van der Waals surface area contributed by atoms with Crippen LogP contribution in [0.2, 0.25) is 0 Å². The molecule has 0 spiro atoms. The number of fused-ring (bicyclic) bond motifs is 1. The highest BCUT2D eigenvalue weighted by Gasteiger charge is 2.40. The van der Waals surface area contributed by atoms with E-state index < -0.39 is 23.8 Å². The first kappa shape index (κ1) is 18.7. The standard InChI is InChI=1S/C22H23NO4/c1-3-26-21(24)20(22(25)27-4-2)19(15-10-6-5-7-11-15)17-14-23-18-13-9-8-12-16(17)18/h5-14,19-20,23H,3-4H2,1-2H3. The van der Waals surface area contributed by atoms with Crippen molar-refractivity contribution in [2.24, 2.45) is 5.92 Å². The van der Waals surface area contributed by atoms with Gasteiger partial charge >= 0.3 is 11.9 Å². The van der Waals surface area contributed by atoms with Crippen molar-refractivity contribution in [2.45, 2.75) is 19.8 Å². The number of ether oxygens (including phenoxy) is 2. The number of benzene rings is 2. The second-order valence-electron chi connectivity index (χ2n) is 6.16. The van der Waals surface area contributed by atoms with E-state index in [2.05, 4.69) is 4.98 Å². The third kappa shape index (κ3) is 3.87. The molecule has 1 N–H and O–H groups in total. The monoisotopic (exact) mass is 365 g/mol. The van der Waals surface area contributed by atoms with E-state index in [0.29, 0.717) is 0 Å². The molecule has 140 valence electrons. The average Bonchev–Trinajstić information content (AvgIpc) is 3.10. The maximum atomic E-state index is 12.8. The second kappa shape index (κ2) is 8.54. The normalized spacial score (nSPS) is 12.1. The van der Waals surface area contributed by atoms with Gasteiger partial charge in [0.15, 0.2) is 5.92 Å². The molecule has 0 aliphatic carbocycles. The summed E-state index contributed by atoms with van der Waals surface area (Å²) in [7, 11) is 0. The van der Waals surface area contributed by atoms with Crippen molar-refractivity contribution in [3.05, 3.63) is 71.9 Å². The molecule has 0 saturated carbocycles. The van der Waals surface area contributed by atoms with E-state index in [0.717, 1.165) is 22.0 Å². The predicted molar refractivity (Wildman–Crippen MR) is 103 cm³/mol. The lowest BCUT2D eigenvalue weighted by molar-refractivity contribution is -0.162. The van der Waals surface area contributed by atoms with Gasteiger partial charge in [-0.2, -0.15) is 0 Å². The lowest BCUT2D eigenvalue weighted by Crippen LogP contribution is -2.34. The van der Waals surface area contributed by atoms with Gasteiger partial charge in [-0.3, -0.25) is 9.59 Å². The largest absolute Gasteiger partial charge is 0.465 e. The molecule has 0 aliphatic heterocycles. The van der Waals surface area contributed by atoms with Crippen molar-refractivity contribution in [3.63, 3.8) is 0 Å². The number of para-hydroxylation sites is 1. The van der Waals surface area contributed by atoms with Crippen molar-refractivity contribution in [3.8, 4) is 0 Å². The summed E-state index contributed by atoms with van der Waals surface area (Å²) in [6.07, 6.45) is 1.85. The minimum Gasteiger partial charge on any atom is -0.465 e. The van der Waals surface area contributed by atoms with Crippen LogP contribution in [0.1, 0.15) is 30.9 Å². The smallest absolute Gasteiger partial charge is 0.321 e. The van der Waals surface area contributed by atoms with E-state index in [1.807, 2.05) is 60.8 Å². The third-order valence-electron chi connectivity index (χ3n) is 4.53. The van der Waals surface area contributed by atoms with Crippen LogP contribution in [0.3, 0.4) is 0 Å². The van der Waals surface area contributed by atoms with Gasteiger partial charge in [-0.15, -0.1) is 0 Å². The number of H-pyrrole nitrogens is 1. The summed E-state index contributed by atoms with van der Waals surface area (Å²) in [5, 5.41) is 0.963. The molecule has 1 unspecified atom stereocenters. The lowest BCUT2D eigenvalue weighted by atomic mass is 9.80. The van der Waals surface area contributed by atoms with Crippen molar-refractivity contribution in [2.75, 3.05) is 13.2 Å². The zero-order valence-electron chi connectivity index (χ0n) is 15.5.